The van der Waals surface area contributed by atoms with Gasteiger partial charge in [0.25, 0.3) is 0 Å². The molecule has 152 valence electrons. The number of halogens is 4. The maximum atomic E-state index is 13.8. The minimum Gasteiger partial charge on any atom is -0.394 e. The lowest BCUT2D eigenvalue weighted by atomic mass is 10.2. The van der Waals surface area contributed by atoms with Crippen LogP contribution in [-0.2, 0) is 0 Å². The molecule has 3 rings (SSSR count). The van der Waals surface area contributed by atoms with Crippen LogP contribution in [0.4, 0.5) is 35.0 Å². The number of aliphatic hydroxyl groups excluding tert-OH is 1. The summed E-state index contributed by atoms with van der Waals surface area (Å²) in [7, 11) is 0. The summed E-state index contributed by atoms with van der Waals surface area (Å²) in [4.78, 5) is 12.3. The highest BCUT2D eigenvalue weighted by Gasteiger charge is 2.19. The van der Waals surface area contributed by atoms with Crippen molar-refractivity contribution in [1.29, 1.82) is 0 Å². The lowest BCUT2D eigenvalue weighted by molar-refractivity contribution is 0.281. The average molecular weight is 408 g/mol. The van der Waals surface area contributed by atoms with E-state index >= 15 is 0 Å². The minimum atomic E-state index is -1.59. The van der Waals surface area contributed by atoms with Crippen molar-refractivity contribution in [2.24, 2.45) is 0 Å². The standard InChI is InChI=1S/C18H16F4N6O/c1-9(8-29)24-18-25-13(10-2-4-23-5-3-10)7-14(26-18)27-28-17-15(21)11(19)6-12(20)16(17)22/h2-7,9,28-29H,8H2,1H3,(H2,24,25,26,27)/t9-/m1/s1. The molecule has 2 heterocycles. The SMILES string of the molecule is C[C@H](CO)Nc1nc(NNc2c(F)c(F)cc(F)c2F)cc(-c2ccncc2)n1. The zero-order chi connectivity index (χ0) is 21.0. The fourth-order valence-corrected chi connectivity index (χ4v) is 2.32. The molecule has 29 heavy (non-hydrogen) atoms. The molecule has 0 fully saturated rings. The van der Waals surface area contributed by atoms with Crippen LogP contribution in [0.15, 0.2) is 36.7 Å². The summed E-state index contributed by atoms with van der Waals surface area (Å²) in [6.07, 6.45) is 3.10. The zero-order valence-electron chi connectivity index (χ0n) is 15.0. The summed E-state index contributed by atoms with van der Waals surface area (Å²) in [6, 6.07) is 4.54. The summed E-state index contributed by atoms with van der Waals surface area (Å²) in [5.74, 6) is -6.13. The van der Waals surface area contributed by atoms with Crippen LogP contribution in [0.3, 0.4) is 0 Å². The fourth-order valence-electron chi connectivity index (χ4n) is 2.32. The molecule has 0 aliphatic heterocycles. The van der Waals surface area contributed by atoms with Gasteiger partial charge in [-0.25, -0.2) is 22.5 Å². The lowest BCUT2D eigenvalue weighted by Crippen LogP contribution is -2.22. The first-order valence-corrected chi connectivity index (χ1v) is 8.41. The minimum absolute atomic E-state index is 0.0444. The van der Waals surface area contributed by atoms with Crippen LogP contribution in [0, 0.1) is 23.3 Å². The monoisotopic (exact) mass is 408 g/mol. The average Bonchev–Trinajstić information content (AvgIpc) is 2.72. The second kappa shape index (κ2) is 8.69. The number of benzene rings is 1. The van der Waals surface area contributed by atoms with Crippen molar-refractivity contribution in [3.63, 3.8) is 0 Å². The molecule has 0 amide bonds. The van der Waals surface area contributed by atoms with Crippen LogP contribution in [0.5, 0.6) is 0 Å². The Morgan fingerprint density at radius 3 is 2.24 bits per heavy atom. The van der Waals surface area contributed by atoms with Crippen molar-refractivity contribution < 1.29 is 22.7 Å². The number of aliphatic hydroxyl groups is 1. The molecule has 0 aliphatic carbocycles. The van der Waals surface area contributed by atoms with Crippen molar-refractivity contribution in [2.45, 2.75) is 13.0 Å². The first kappa shape index (κ1) is 20.3. The molecule has 0 radical (unpaired) electrons. The molecule has 0 saturated carbocycles. The number of pyridine rings is 1. The number of hydrazine groups is 1. The van der Waals surface area contributed by atoms with Crippen molar-refractivity contribution in [3.8, 4) is 11.3 Å². The van der Waals surface area contributed by atoms with E-state index in [0.29, 0.717) is 11.3 Å². The molecule has 7 nitrogen and oxygen atoms in total. The molecule has 0 unspecified atom stereocenters. The third kappa shape index (κ3) is 4.69. The molecular weight excluding hydrogens is 392 g/mol. The van der Waals surface area contributed by atoms with E-state index in [1.165, 1.54) is 6.07 Å². The summed E-state index contributed by atoms with van der Waals surface area (Å²) < 4.78 is 54.4. The van der Waals surface area contributed by atoms with Crippen LogP contribution in [0.2, 0.25) is 0 Å². The third-order valence-corrected chi connectivity index (χ3v) is 3.78. The highest BCUT2D eigenvalue weighted by Crippen LogP contribution is 2.25. The summed E-state index contributed by atoms with van der Waals surface area (Å²) >= 11 is 0. The second-order valence-electron chi connectivity index (χ2n) is 6.02. The van der Waals surface area contributed by atoms with Gasteiger partial charge in [0.1, 0.15) is 5.69 Å². The topological polar surface area (TPSA) is 95.0 Å². The van der Waals surface area contributed by atoms with Gasteiger partial charge in [-0.05, 0) is 19.1 Å². The maximum absolute atomic E-state index is 13.8. The van der Waals surface area contributed by atoms with Crippen LogP contribution in [0.1, 0.15) is 6.92 Å². The van der Waals surface area contributed by atoms with Gasteiger partial charge in [-0.2, -0.15) is 4.98 Å². The summed E-state index contributed by atoms with van der Waals surface area (Å²) in [5.41, 5.74) is 4.55. The summed E-state index contributed by atoms with van der Waals surface area (Å²) in [6.45, 7) is 1.50. The van der Waals surface area contributed by atoms with Crippen molar-refractivity contribution in [3.05, 3.63) is 59.9 Å². The molecule has 0 aliphatic rings. The van der Waals surface area contributed by atoms with Crippen molar-refractivity contribution in [2.75, 3.05) is 22.8 Å². The molecule has 2 aromatic heterocycles. The van der Waals surface area contributed by atoms with Gasteiger partial charge < -0.3 is 10.4 Å². The summed E-state index contributed by atoms with van der Waals surface area (Å²) in [5, 5.41) is 12.1. The normalized spacial score (nSPS) is 11.8. The number of aromatic nitrogens is 3. The van der Waals surface area contributed by atoms with Gasteiger partial charge in [0.15, 0.2) is 29.1 Å². The van der Waals surface area contributed by atoms with Gasteiger partial charge in [-0.1, -0.05) is 0 Å². The molecule has 0 bridgehead atoms. The molecular formula is C18H16F4N6O. The van der Waals surface area contributed by atoms with E-state index in [1.807, 2.05) is 0 Å². The zero-order valence-corrected chi connectivity index (χ0v) is 15.0. The maximum Gasteiger partial charge on any atom is 0.225 e. The molecule has 1 aromatic carbocycles. The van der Waals surface area contributed by atoms with Crippen LogP contribution in [0.25, 0.3) is 11.3 Å². The smallest absolute Gasteiger partial charge is 0.225 e. The van der Waals surface area contributed by atoms with E-state index < -0.39 is 29.0 Å². The number of anilines is 3. The Balaban J connectivity index is 1.93. The fraction of sp³-hybridized carbons (Fsp3) is 0.167. The van der Waals surface area contributed by atoms with E-state index in [4.69, 9.17) is 0 Å². The van der Waals surface area contributed by atoms with Crippen LogP contribution < -0.4 is 16.2 Å². The van der Waals surface area contributed by atoms with Gasteiger partial charge in [-0.15, -0.1) is 0 Å². The molecule has 3 aromatic rings. The number of hydrogen-bond acceptors (Lipinski definition) is 7. The highest BCUT2D eigenvalue weighted by atomic mass is 19.2. The number of hydrogen-bond donors (Lipinski definition) is 4. The van der Waals surface area contributed by atoms with E-state index in [9.17, 15) is 22.7 Å². The van der Waals surface area contributed by atoms with Crippen LogP contribution >= 0.6 is 0 Å². The second-order valence-corrected chi connectivity index (χ2v) is 6.02. The van der Waals surface area contributed by atoms with E-state index in [-0.39, 0.29) is 30.5 Å². The Morgan fingerprint density at radius 1 is 0.966 bits per heavy atom. The van der Waals surface area contributed by atoms with Crippen LogP contribution in [-0.4, -0.2) is 32.7 Å². The number of nitrogens with zero attached hydrogens (tertiary/aromatic N) is 3. The Hall–Kier alpha value is -3.47. The third-order valence-electron chi connectivity index (χ3n) is 3.78. The quantitative estimate of drug-likeness (QED) is 0.271. The predicted molar refractivity (Wildman–Crippen MR) is 99.0 cm³/mol. The van der Waals surface area contributed by atoms with Gasteiger partial charge in [-0.3, -0.25) is 15.8 Å². The Kier molecular flexibility index (Phi) is 6.07. The first-order chi connectivity index (χ1) is 13.9. The Bertz CT molecular complexity index is 979. The van der Waals surface area contributed by atoms with Crippen molar-refractivity contribution in [1.82, 2.24) is 15.0 Å². The van der Waals surface area contributed by atoms with E-state index in [2.05, 4.69) is 31.1 Å². The highest BCUT2D eigenvalue weighted by molar-refractivity contribution is 5.65. The van der Waals surface area contributed by atoms with E-state index in [1.54, 1.807) is 31.5 Å². The Labute approximate surface area is 162 Å². The predicted octanol–water partition coefficient (Wildman–Crippen LogP) is 3.33. The van der Waals surface area contributed by atoms with Gasteiger partial charge >= 0.3 is 0 Å². The van der Waals surface area contributed by atoms with Gasteiger partial charge in [0.05, 0.1) is 12.3 Å². The molecule has 1 atom stereocenters. The number of rotatable bonds is 7. The number of nitrogens with one attached hydrogen (secondary N) is 3. The van der Waals surface area contributed by atoms with Crippen molar-refractivity contribution >= 4 is 17.5 Å². The molecule has 11 heteroatoms. The molecule has 0 spiro atoms. The Morgan fingerprint density at radius 2 is 1.62 bits per heavy atom. The van der Waals surface area contributed by atoms with Gasteiger partial charge in [0.2, 0.25) is 5.95 Å². The molecule has 4 N–H and O–H groups in total. The first-order valence-electron chi connectivity index (χ1n) is 8.41. The lowest BCUT2D eigenvalue weighted by Gasteiger charge is -2.15. The van der Waals surface area contributed by atoms with E-state index in [0.717, 1.165) is 0 Å². The molecule has 0 saturated heterocycles. The largest absolute Gasteiger partial charge is 0.394 e. The van der Waals surface area contributed by atoms with Gasteiger partial charge in [0, 0.05) is 36.1 Å².